The second-order valence-corrected chi connectivity index (χ2v) is 4.54. The van der Waals surface area contributed by atoms with E-state index in [2.05, 4.69) is 4.98 Å². The number of aromatic nitrogens is 1. The van der Waals surface area contributed by atoms with Gasteiger partial charge in [-0.25, -0.2) is 4.98 Å². The monoisotopic (exact) mass is 273 g/mol. The molecule has 2 rings (SSSR count). The van der Waals surface area contributed by atoms with Gasteiger partial charge in [0.05, 0.1) is 4.92 Å². The first-order chi connectivity index (χ1) is 9.47. The molecule has 20 heavy (non-hydrogen) atoms. The molecule has 1 heterocycles. The van der Waals surface area contributed by atoms with Gasteiger partial charge in [0.2, 0.25) is 0 Å². The molecule has 0 amide bonds. The summed E-state index contributed by atoms with van der Waals surface area (Å²) in [5.74, 6) is 1.06. The van der Waals surface area contributed by atoms with Crippen LogP contribution in [-0.4, -0.2) is 9.91 Å². The third kappa shape index (κ3) is 3.03. The van der Waals surface area contributed by atoms with Gasteiger partial charge in [-0.05, 0) is 43.2 Å². The van der Waals surface area contributed by atoms with Gasteiger partial charge in [0.1, 0.15) is 18.2 Å². The van der Waals surface area contributed by atoms with Crippen LogP contribution in [0.25, 0.3) is 0 Å². The molecule has 0 spiro atoms. The lowest BCUT2D eigenvalue weighted by Crippen LogP contribution is -2.00. The van der Waals surface area contributed by atoms with Gasteiger partial charge in [0, 0.05) is 17.8 Å². The maximum atomic E-state index is 10.8. The number of benzene rings is 1. The summed E-state index contributed by atoms with van der Waals surface area (Å²) in [5, 5.41) is 10.8. The molecule has 0 aliphatic carbocycles. The first-order valence-electron chi connectivity index (χ1n) is 6.06. The number of aryl methyl sites for hydroxylation is 2. The highest BCUT2D eigenvalue weighted by molar-refractivity contribution is 5.49. The third-order valence-electron chi connectivity index (χ3n) is 2.93. The van der Waals surface area contributed by atoms with E-state index in [-0.39, 0.29) is 5.69 Å². The topological polar surface area (TPSA) is 91.3 Å². The average molecular weight is 273 g/mol. The Bertz CT molecular complexity index is 656. The van der Waals surface area contributed by atoms with E-state index in [1.807, 2.05) is 6.07 Å². The summed E-state index contributed by atoms with van der Waals surface area (Å²) in [5.41, 5.74) is 7.89. The Morgan fingerprint density at radius 3 is 2.70 bits per heavy atom. The first-order valence-corrected chi connectivity index (χ1v) is 6.06. The molecule has 104 valence electrons. The molecular formula is C14H15N3O3. The molecule has 0 saturated carbocycles. The lowest BCUT2D eigenvalue weighted by Gasteiger charge is -2.10. The van der Waals surface area contributed by atoms with E-state index < -0.39 is 4.92 Å². The molecule has 1 aromatic carbocycles. The van der Waals surface area contributed by atoms with Crippen molar-refractivity contribution in [1.82, 2.24) is 4.98 Å². The Hall–Kier alpha value is -2.63. The molecule has 0 saturated heterocycles. The van der Waals surface area contributed by atoms with Gasteiger partial charge in [-0.2, -0.15) is 0 Å². The Labute approximate surface area is 116 Å². The van der Waals surface area contributed by atoms with Crippen LogP contribution in [0, 0.1) is 24.0 Å². The van der Waals surface area contributed by atoms with Crippen molar-refractivity contribution in [3.05, 3.63) is 57.3 Å². The van der Waals surface area contributed by atoms with E-state index >= 15 is 0 Å². The molecule has 1 aromatic heterocycles. The van der Waals surface area contributed by atoms with Crippen LogP contribution in [0.4, 0.5) is 11.5 Å². The predicted octanol–water partition coefficient (Wildman–Crippen LogP) is 2.77. The molecule has 2 aromatic rings. The van der Waals surface area contributed by atoms with Gasteiger partial charge < -0.3 is 10.5 Å². The SMILES string of the molecule is Cc1cc([N+](=O)[O-])c(C)cc1OCc1ccnc(N)c1. The number of nitrogen functional groups attached to an aromatic ring is 1. The van der Waals surface area contributed by atoms with Gasteiger partial charge in [-0.15, -0.1) is 0 Å². The molecule has 2 N–H and O–H groups in total. The number of nitro benzene ring substituents is 1. The zero-order valence-electron chi connectivity index (χ0n) is 11.3. The van der Waals surface area contributed by atoms with Crippen molar-refractivity contribution >= 4 is 11.5 Å². The summed E-state index contributed by atoms with van der Waals surface area (Å²) in [6.45, 7) is 3.81. The van der Waals surface area contributed by atoms with Crippen LogP contribution < -0.4 is 10.5 Å². The van der Waals surface area contributed by atoms with Crippen molar-refractivity contribution in [1.29, 1.82) is 0 Å². The van der Waals surface area contributed by atoms with Crippen molar-refractivity contribution < 1.29 is 9.66 Å². The van der Waals surface area contributed by atoms with Crippen molar-refractivity contribution in [2.75, 3.05) is 5.73 Å². The molecule has 0 unspecified atom stereocenters. The fourth-order valence-corrected chi connectivity index (χ4v) is 1.87. The number of anilines is 1. The normalized spacial score (nSPS) is 10.3. The van der Waals surface area contributed by atoms with E-state index in [1.54, 1.807) is 32.2 Å². The van der Waals surface area contributed by atoms with Crippen LogP contribution in [-0.2, 0) is 6.61 Å². The van der Waals surface area contributed by atoms with Crippen molar-refractivity contribution in [2.24, 2.45) is 0 Å². The predicted molar refractivity (Wildman–Crippen MR) is 75.6 cm³/mol. The first kappa shape index (κ1) is 13.8. The molecular weight excluding hydrogens is 258 g/mol. The summed E-state index contributed by atoms with van der Waals surface area (Å²) in [7, 11) is 0. The summed E-state index contributed by atoms with van der Waals surface area (Å²) >= 11 is 0. The van der Waals surface area contributed by atoms with Gasteiger partial charge in [-0.1, -0.05) is 0 Å². The second kappa shape index (κ2) is 5.56. The number of hydrogen-bond acceptors (Lipinski definition) is 5. The van der Waals surface area contributed by atoms with Crippen LogP contribution in [0.3, 0.4) is 0 Å². The fraction of sp³-hybridized carbons (Fsp3) is 0.214. The largest absolute Gasteiger partial charge is 0.489 e. The quantitative estimate of drug-likeness (QED) is 0.683. The molecule has 6 nitrogen and oxygen atoms in total. The molecule has 0 fully saturated rings. The van der Waals surface area contributed by atoms with E-state index in [0.717, 1.165) is 11.1 Å². The maximum Gasteiger partial charge on any atom is 0.272 e. The van der Waals surface area contributed by atoms with E-state index in [0.29, 0.717) is 23.7 Å². The van der Waals surface area contributed by atoms with E-state index in [4.69, 9.17) is 10.5 Å². The highest BCUT2D eigenvalue weighted by Gasteiger charge is 2.14. The molecule has 0 aliphatic heterocycles. The summed E-state index contributed by atoms with van der Waals surface area (Å²) < 4.78 is 5.69. The van der Waals surface area contributed by atoms with Gasteiger partial charge in [0.25, 0.3) is 5.69 Å². The molecule has 0 radical (unpaired) electrons. The lowest BCUT2D eigenvalue weighted by molar-refractivity contribution is -0.385. The number of hydrogen-bond donors (Lipinski definition) is 1. The van der Waals surface area contributed by atoms with Gasteiger partial charge in [-0.3, -0.25) is 10.1 Å². The zero-order valence-corrected chi connectivity index (χ0v) is 11.3. The summed E-state index contributed by atoms with van der Waals surface area (Å²) in [6.07, 6.45) is 1.61. The van der Waals surface area contributed by atoms with Crippen molar-refractivity contribution in [3.63, 3.8) is 0 Å². The Kier molecular flexibility index (Phi) is 3.84. The van der Waals surface area contributed by atoms with Gasteiger partial charge >= 0.3 is 0 Å². The Morgan fingerprint density at radius 2 is 2.05 bits per heavy atom. The highest BCUT2D eigenvalue weighted by Crippen LogP contribution is 2.28. The Morgan fingerprint density at radius 1 is 1.30 bits per heavy atom. The summed E-state index contributed by atoms with van der Waals surface area (Å²) in [4.78, 5) is 14.4. The minimum Gasteiger partial charge on any atom is -0.489 e. The maximum absolute atomic E-state index is 10.8. The van der Waals surface area contributed by atoms with Crippen LogP contribution in [0.15, 0.2) is 30.5 Å². The van der Waals surface area contributed by atoms with Crippen LogP contribution in [0.1, 0.15) is 16.7 Å². The van der Waals surface area contributed by atoms with E-state index in [9.17, 15) is 10.1 Å². The second-order valence-electron chi connectivity index (χ2n) is 4.54. The minimum atomic E-state index is -0.393. The lowest BCUT2D eigenvalue weighted by atomic mass is 10.1. The number of ether oxygens (including phenoxy) is 1. The smallest absolute Gasteiger partial charge is 0.272 e. The number of nitrogens with two attached hydrogens (primary N) is 1. The number of rotatable bonds is 4. The van der Waals surface area contributed by atoms with Crippen molar-refractivity contribution in [3.8, 4) is 5.75 Å². The van der Waals surface area contributed by atoms with E-state index in [1.165, 1.54) is 6.07 Å². The standard InChI is InChI=1S/C14H15N3O3/c1-9-6-13(10(2)5-12(9)17(18)19)20-8-11-3-4-16-14(15)7-11/h3-7H,8H2,1-2H3,(H2,15,16). The molecule has 0 aliphatic rings. The third-order valence-corrected chi connectivity index (χ3v) is 2.93. The minimum absolute atomic E-state index is 0.100. The number of pyridine rings is 1. The zero-order chi connectivity index (χ0) is 14.7. The average Bonchev–Trinajstić information content (AvgIpc) is 2.39. The molecule has 0 atom stereocenters. The van der Waals surface area contributed by atoms with Crippen LogP contribution in [0.2, 0.25) is 0 Å². The van der Waals surface area contributed by atoms with Crippen LogP contribution >= 0.6 is 0 Å². The number of nitrogens with zero attached hydrogens (tertiary/aromatic N) is 2. The summed E-state index contributed by atoms with van der Waals surface area (Å²) in [6, 6.07) is 6.74. The number of nitro groups is 1. The van der Waals surface area contributed by atoms with Crippen LogP contribution in [0.5, 0.6) is 5.75 Å². The highest BCUT2D eigenvalue weighted by atomic mass is 16.6. The molecule has 6 heteroatoms. The fourth-order valence-electron chi connectivity index (χ4n) is 1.87. The molecule has 0 bridgehead atoms. The van der Waals surface area contributed by atoms with Gasteiger partial charge in [0.15, 0.2) is 0 Å². The van der Waals surface area contributed by atoms with Crippen molar-refractivity contribution in [2.45, 2.75) is 20.5 Å². The Balaban J connectivity index is 2.18.